The number of pyridine rings is 1. The van der Waals surface area contributed by atoms with Crippen molar-refractivity contribution in [3.8, 4) is 0 Å². The van der Waals surface area contributed by atoms with Crippen LogP contribution in [0.1, 0.15) is 45.1 Å². The molecule has 0 aliphatic carbocycles. The van der Waals surface area contributed by atoms with Gasteiger partial charge in [-0.15, -0.1) is 0 Å². The van der Waals surface area contributed by atoms with E-state index in [0.717, 1.165) is 47.2 Å². The Balaban J connectivity index is 1.41. The molecule has 0 saturated carbocycles. The largest absolute Gasteiger partial charge is 0.416 e. The average molecular weight is 762 g/mol. The third-order valence-electron chi connectivity index (χ3n) is 10.7. The second-order valence-corrected chi connectivity index (χ2v) is 14.3. The Bertz CT molecular complexity index is 1950. The minimum atomic E-state index is -4.51. The standard InChI is InChI=1S/C41H50BClF3N6O2/c1-8-30-11-10-18-48-35(30)23-27(3)39(53)51-19-16-40(17-20-51)38(36(47-6)25-42-40)29(5)52(50(7)37(9-2)31-14-21-54-22-15-31)26-28(4)49-34-13-12-32(24-33(34)43)41(44,45)46/h8,10-14,18,23-24,37,47,49H,3-5,9,15-17,19-22,25-26H2,1-2,6-7H3/b30-8-,35-23+. The SMILES string of the molecule is C=C(CN(C(=C)C1=C(NC)C[B]C12CCN(C(=O)C(=C)/C=c1/nccc/c1=C/C)CC2)N(C)C(CC)C1=CCOCC1)Nc1ccc(C(F)(F)F)cc1Cl. The van der Waals surface area contributed by atoms with Gasteiger partial charge >= 0.3 is 6.18 Å². The maximum atomic E-state index is 13.7. The number of likely N-dealkylation sites (N-methyl/N-ethyl adjacent to an activating group) is 1. The molecule has 1 unspecified atom stereocenters. The number of benzene rings is 1. The number of aromatic nitrogens is 1. The lowest BCUT2D eigenvalue weighted by Gasteiger charge is -2.47. The Morgan fingerprint density at radius 3 is 2.57 bits per heavy atom. The number of halogens is 4. The zero-order chi connectivity index (χ0) is 39.2. The molecule has 1 radical (unpaired) electrons. The number of ether oxygens (including phenoxy) is 1. The molecule has 1 amide bonds. The molecule has 54 heavy (non-hydrogen) atoms. The van der Waals surface area contributed by atoms with Crippen LogP contribution in [0.15, 0.2) is 96.2 Å². The van der Waals surface area contributed by atoms with Crippen LogP contribution in [0.25, 0.3) is 12.2 Å². The van der Waals surface area contributed by atoms with Crippen molar-refractivity contribution >= 4 is 42.6 Å². The maximum Gasteiger partial charge on any atom is 0.416 e. The Morgan fingerprint density at radius 2 is 1.96 bits per heavy atom. The number of allylic oxidation sites excluding steroid dienone is 2. The van der Waals surface area contributed by atoms with Gasteiger partial charge in [0.15, 0.2) is 0 Å². The second-order valence-electron chi connectivity index (χ2n) is 13.9. The normalized spacial score (nSPS) is 18.4. The molecule has 4 heterocycles. The lowest BCUT2D eigenvalue weighted by atomic mass is 9.48. The first-order valence-electron chi connectivity index (χ1n) is 18.3. The van der Waals surface area contributed by atoms with Crippen molar-refractivity contribution in [2.24, 2.45) is 0 Å². The van der Waals surface area contributed by atoms with Crippen molar-refractivity contribution in [3.63, 3.8) is 0 Å². The number of hydrogen-bond acceptors (Lipinski definition) is 7. The van der Waals surface area contributed by atoms with Crippen LogP contribution in [0.3, 0.4) is 0 Å². The van der Waals surface area contributed by atoms with Gasteiger partial charge in [0.1, 0.15) is 7.28 Å². The monoisotopic (exact) mass is 761 g/mol. The molecule has 2 N–H and O–H groups in total. The van der Waals surface area contributed by atoms with Gasteiger partial charge in [-0.3, -0.25) is 14.8 Å². The first-order valence-corrected chi connectivity index (χ1v) is 18.7. The maximum absolute atomic E-state index is 13.7. The predicted octanol–water partition coefficient (Wildman–Crippen LogP) is 6.70. The van der Waals surface area contributed by atoms with Gasteiger partial charge in [-0.2, -0.15) is 13.2 Å². The number of hydrazine groups is 1. The van der Waals surface area contributed by atoms with Crippen LogP contribution >= 0.6 is 11.6 Å². The summed E-state index contributed by atoms with van der Waals surface area (Å²) in [6.45, 7) is 19.7. The van der Waals surface area contributed by atoms with Crippen molar-refractivity contribution < 1.29 is 22.7 Å². The fourth-order valence-corrected chi connectivity index (χ4v) is 8.01. The van der Waals surface area contributed by atoms with E-state index in [1.165, 1.54) is 11.6 Å². The Labute approximate surface area is 322 Å². The molecular weight excluding hydrogens is 712 g/mol. The van der Waals surface area contributed by atoms with E-state index in [-0.39, 0.29) is 28.8 Å². The smallest absolute Gasteiger partial charge is 0.392 e. The van der Waals surface area contributed by atoms with Gasteiger partial charge in [-0.05, 0) is 85.4 Å². The van der Waals surface area contributed by atoms with E-state index in [0.29, 0.717) is 67.8 Å². The van der Waals surface area contributed by atoms with E-state index in [2.05, 4.69) is 59.1 Å². The lowest BCUT2D eigenvalue weighted by molar-refractivity contribution is -0.137. The molecule has 1 spiro atoms. The number of rotatable bonds is 13. The zero-order valence-electron chi connectivity index (χ0n) is 31.7. The second kappa shape index (κ2) is 17.5. The quantitative estimate of drug-likeness (QED) is 0.102. The third-order valence-corrected chi connectivity index (χ3v) is 11.0. The number of alkyl halides is 3. The summed E-state index contributed by atoms with van der Waals surface area (Å²) < 4.78 is 45.7. The van der Waals surface area contributed by atoms with E-state index in [1.807, 2.05) is 44.1 Å². The molecule has 3 aliphatic heterocycles. The van der Waals surface area contributed by atoms with Gasteiger partial charge in [0, 0.05) is 56.4 Å². The van der Waals surface area contributed by atoms with Gasteiger partial charge in [0.25, 0.3) is 5.91 Å². The number of carbonyl (C=O) groups excluding carboxylic acids is 1. The van der Waals surface area contributed by atoms with Gasteiger partial charge < -0.3 is 20.3 Å². The molecule has 2 aromatic rings. The number of anilines is 1. The summed E-state index contributed by atoms with van der Waals surface area (Å²) in [5.74, 6) is -0.116. The van der Waals surface area contributed by atoms with E-state index in [4.69, 9.17) is 22.9 Å². The lowest BCUT2D eigenvalue weighted by Crippen LogP contribution is -2.49. The predicted molar refractivity (Wildman–Crippen MR) is 213 cm³/mol. The first-order chi connectivity index (χ1) is 25.7. The summed E-state index contributed by atoms with van der Waals surface area (Å²) >= 11 is 6.34. The molecule has 287 valence electrons. The number of likely N-dealkylation sites (tertiary alicyclic amines) is 1. The molecule has 0 bridgehead atoms. The summed E-state index contributed by atoms with van der Waals surface area (Å²) in [5.41, 5.74) is 4.58. The van der Waals surface area contributed by atoms with E-state index in [1.54, 1.807) is 12.3 Å². The molecule has 5 rings (SSSR count). The van der Waals surface area contributed by atoms with E-state index in [9.17, 15) is 18.0 Å². The zero-order valence-corrected chi connectivity index (χ0v) is 32.4. The molecule has 8 nitrogen and oxygen atoms in total. The highest BCUT2D eigenvalue weighted by molar-refractivity contribution is 6.44. The highest BCUT2D eigenvalue weighted by Crippen LogP contribution is 2.54. The molecule has 1 aromatic heterocycles. The molecule has 1 saturated heterocycles. The van der Waals surface area contributed by atoms with Crippen LogP contribution in [0.5, 0.6) is 0 Å². The van der Waals surface area contributed by atoms with Crippen LogP contribution in [0.4, 0.5) is 18.9 Å². The average Bonchev–Trinajstić information content (AvgIpc) is 3.52. The Kier molecular flexibility index (Phi) is 13.2. The minimum absolute atomic E-state index is 0.0275. The van der Waals surface area contributed by atoms with Crippen molar-refractivity contribution in [2.45, 2.75) is 63.4 Å². The van der Waals surface area contributed by atoms with E-state index >= 15 is 0 Å². The molecule has 1 aromatic carbocycles. The summed E-state index contributed by atoms with van der Waals surface area (Å²) in [6, 6.07) is 7.08. The first kappa shape index (κ1) is 40.9. The van der Waals surface area contributed by atoms with Gasteiger partial charge in [0.05, 0.1) is 47.1 Å². The van der Waals surface area contributed by atoms with Crippen LogP contribution in [0.2, 0.25) is 16.7 Å². The number of nitrogens with one attached hydrogen (secondary N) is 2. The van der Waals surface area contributed by atoms with Gasteiger partial charge in [-0.25, -0.2) is 5.01 Å². The number of piperidine rings is 1. The molecule has 1 fully saturated rings. The van der Waals surface area contributed by atoms with Crippen LogP contribution in [0, 0.1) is 0 Å². The van der Waals surface area contributed by atoms with Crippen molar-refractivity contribution in [1.29, 1.82) is 0 Å². The highest BCUT2D eigenvalue weighted by atomic mass is 35.5. The number of carbonyl (C=O) groups is 1. The number of nitrogens with zero attached hydrogens (tertiary/aromatic N) is 4. The topological polar surface area (TPSA) is 73.0 Å². The number of amides is 1. The van der Waals surface area contributed by atoms with Crippen molar-refractivity contribution in [1.82, 2.24) is 25.2 Å². The molecule has 13 heteroatoms. The third kappa shape index (κ3) is 8.99. The molecular formula is C41H50BClF3N6O2. The summed E-state index contributed by atoms with van der Waals surface area (Å²) in [7, 11) is 6.28. The van der Waals surface area contributed by atoms with E-state index < -0.39 is 11.7 Å². The van der Waals surface area contributed by atoms with Gasteiger partial charge in [0.2, 0.25) is 0 Å². The Morgan fingerprint density at radius 1 is 1.22 bits per heavy atom. The van der Waals surface area contributed by atoms with Crippen molar-refractivity contribution in [3.05, 3.63) is 117 Å². The van der Waals surface area contributed by atoms with Crippen LogP contribution in [-0.4, -0.2) is 86.1 Å². The molecule has 1 atom stereocenters. The van der Waals surface area contributed by atoms with Crippen molar-refractivity contribution in [2.75, 3.05) is 52.3 Å². The summed E-state index contributed by atoms with van der Waals surface area (Å²) in [6.07, 6.45) is 6.77. The summed E-state index contributed by atoms with van der Waals surface area (Å²) in [4.78, 5) is 20.0. The van der Waals surface area contributed by atoms with Crippen LogP contribution in [-0.2, 0) is 15.7 Å². The molecule has 3 aliphatic rings. The van der Waals surface area contributed by atoms with Crippen LogP contribution < -0.4 is 21.2 Å². The Hall–Kier alpha value is -4.26. The highest BCUT2D eigenvalue weighted by Gasteiger charge is 2.46. The van der Waals surface area contributed by atoms with Gasteiger partial charge in [-0.1, -0.05) is 62.1 Å². The number of hydrogen-bond donors (Lipinski definition) is 2. The fourth-order valence-electron chi connectivity index (χ4n) is 7.79. The summed E-state index contributed by atoms with van der Waals surface area (Å²) in [5, 5.41) is 12.1. The fraction of sp³-hybridized carbons (Fsp3) is 0.415. The minimum Gasteiger partial charge on any atom is -0.392 e.